The van der Waals surface area contributed by atoms with Gasteiger partial charge in [0.05, 0.1) is 18.2 Å². The molecule has 1 atom stereocenters. The van der Waals surface area contributed by atoms with Crippen molar-refractivity contribution >= 4 is 17.8 Å². The Morgan fingerprint density at radius 3 is 2.23 bits per heavy atom. The first-order valence-electron chi connectivity index (χ1n) is 8.25. The van der Waals surface area contributed by atoms with E-state index < -0.39 is 18.0 Å². The van der Waals surface area contributed by atoms with Gasteiger partial charge in [0.2, 0.25) is 0 Å². The molecule has 2 aromatic rings. The molecule has 0 radical (unpaired) electrons. The molecule has 0 unspecified atom stereocenters. The Labute approximate surface area is 150 Å². The van der Waals surface area contributed by atoms with E-state index in [-0.39, 0.29) is 23.7 Å². The Morgan fingerprint density at radius 1 is 1.00 bits per heavy atom. The van der Waals surface area contributed by atoms with Crippen molar-refractivity contribution in [2.75, 3.05) is 6.61 Å². The molecule has 0 fully saturated rings. The number of esters is 1. The summed E-state index contributed by atoms with van der Waals surface area (Å²) >= 11 is 0. The van der Waals surface area contributed by atoms with Gasteiger partial charge in [-0.25, -0.2) is 9.59 Å². The van der Waals surface area contributed by atoms with Crippen LogP contribution in [0.4, 0.5) is 4.79 Å². The summed E-state index contributed by atoms with van der Waals surface area (Å²) in [7, 11) is 0. The van der Waals surface area contributed by atoms with E-state index in [1.165, 1.54) is 0 Å². The normalized spacial score (nSPS) is 16.5. The summed E-state index contributed by atoms with van der Waals surface area (Å²) in [6.45, 7) is 1.79. The molecular formula is C20H18N2O4. The lowest BCUT2D eigenvalue weighted by molar-refractivity contribution is -0.139. The summed E-state index contributed by atoms with van der Waals surface area (Å²) in [4.78, 5) is 37.6. The van der Waals surface area contributed by atoms with E-state index in [1.807, 2.05) is 6.07 Å². The van der Waals surface area contributed by atoms with Gasteiger partial charge >= 0.3 is 12.0 Å². The van der Waals surface area contributed by atoms with E-state index >= 15 is 0 Å². The number of ether oxygens (including phenoxy) is 1. The van der Waals surface area contributed by atoms with Gasteiger partial charge in [-0.1, -0.05) is 60.7 Å². The van der Waals surface area contributed by atoms with Crippen LogP contribution in [0.2, 0.25) is 0 Å². The SMILES string of the molecule is CCOC(=O)C1=C(C(=O)c2ccccc2)[C@H](c2ccccc2)NC(=O)N1. The second kappa shape index (κ2) is 7.65. The molecule has 26 heavy (non-hydrogen) atoms. The van der Waals surface area contributed by atoms with Gasteiger partial charge in [-0.3, -0.25) is 4.79 Å². The second-order valence-corrected chi connectivity index (χ2v) is 5.65. The van der Waals surface area contributed by atoms with Crippen molar-refractivity contribution in [3.8, 4) is 0 Å². The molecule has 0 aliphatic carbocycles. The number of hydrogen-bond donors (Lipinski definition) is 2. The fourth-order valence-electron chi connectivity index (χ4n) is 2.81. The molecular weight excluding hydrogens is 332 g/mol. The number of nitrogens with one attached hydrogen (secondary N) is 2. The van der Waals surface area contributed by atoms with Crippen LogP contribution in [0.5, 0.6) is 0 Å². The lowest BCUT2D eigenvalue weighted by Gasteiger charge is -2.29. The first-order chi connectivity index (χ1) is 12.6. The first-order valence-corrected chi connectivity index (χ1v) is 8.25. The minimum absolute atomic E-state index is 0.127. The molecule has 2 amide bonds. The second-order valence-electron chi connectivity index (χ2n) is 5.65. The zero-order valence-electron chi connectivity index (χ0n) is 14.2. The maximum absolute atomic E-state index is 13.2. The number of amides is 2. The van der Waals surface area contributed by atoms with Crippen LogP contribution in [0.25, 0.3) is 0 Å². The van der Waals surface area contributed by atoms with Gasteiger partial charge in [-0.15, -0.1) is 0 Å². The maximum atomic E-state index is 13.2. The minimum atomic E-state index is -0.753. The third-order valence-electron chi connectivity index (χ3n) is 3.97. The Bertz CT molecular complexity index is 860. The molecule has 1 aliphatic rings. The molecule has 2 N–H and O–H groups in total. The van der Waals surface area contributed by atoms with E-state index in [1.54, 1.807) is 61.5 Å². The fraction of sp³-hybridized carbons (Fsp3) is 0.150. The van der Waals surface area contributed by atoms with E-state index in [9.17, 15) is 14.4 Å². The molecule has 0 saturated carbocycles. The van der Waals surface area contributed by atoms with Crippen molar-refractivity contribution in [1.82, 2.24) is 10.6 Å². The lowest BCUT2D eigenvalue weighted by atomic mass is 9.89. The van der Waals surface area contributed by atoms with Crippen molar-refractivity contribution in [2.24, 2.45) is 0 Å². The highest BCUT2D eigenvalue weighted by Gasteiger charge is 2.36. The number of Topliss-reactive ketones (excluding diaryl/α,β-unsaturated/α-hetero) is 1. The average molecular weight is 350 g/mol. The molecule has 1 aliphatic heterocycles. The van der Waals surface area contributed by atoms with Crippen molar-refractivity contribution in [1.29, 1.82) is 0 Å². The van der Waals surface area contributed by atoms with Crippen molar-refractivity contribution in [2.45, 2.75) is 13.0 Å². The van der Waals surface area contributed by atoms with E-state index in [0.29, 0.717) is 11.1 Å². The van der Waals surface area contributed by atoms with Crippen LogP contribution in [-0.2, 0) is 9.53 Å². The summed E-state index contributed by atoms with van der Waals surface area (Å²) in [5, 5.41) is 5.16. The van der Waals surface area contributed by atoms with Crippen LogP contribution in [0, 0.1) is 0 Å². The summed E-state index contributed by atoms with van der Waals surface area (Å²) in [5.74, 6) is -1.09. The number of carbonyl (C=O) groups is 3. The Kier molecular flexibility index (Phi) is 5.12. The van der Waals surface area contributed by atoms with Gasteiger partial charge in [0.25, 0.3) is 0 Å². The fourth-order valence-corrected chi connectivity index (χ4v) is 2.81. The number of ketones is 1. The third kappa shape index (κ3) is 3.49. The van der Waals surface area contributed by atoms with Crippen molar-refractivity contribution in [3.05, 3.63) is 83.1 Å². The highest BCUT2D eigenvalue weighted by atomic mass is 16.5. The predicted octanol–water partition coefficient (Wildman–Crippen LogP) is 2.74. The summed E-state index contributed by atoms with van der Waals surface area (Å²) in [5.41, 5.74) is 1.14. The van der Waals surface area contributed by atoms with Gasteiger partial charge in [-0.2, -0.15) is 0 Å². The molecule has 2 aromatic carbocycles. The molecule has 0 bridgehead atoms. The van der Waals surface area contributed by atoms with Crippen LogP contribution >= 0.6 is 0 Å². The zero-order chi connectivity index (χ0) is 18.5. The quantitative estimate of drug-likeness (QED) is 0.641. The van der Waals surface area contributed by atoms with Crippen LogP contribution in [0.3, 0.4) is 0 Å². The maximum Gasteiger partial charge on any atom is 0.355 e. The summed E-state index contributed by atoms with van der Waals surface area (Å²) < 4.78 is 5.04. The van der Waals surface area contributed by atoms with E-state index in [0.717, 1.165) is 0 Å². The zero-order valence-corrected chi connectivity index (χ0v) is 14.2. The van der Waals surface area contributed by atoms with Gasteiger partial charge in [0, 0.05) is 5.56 Å². The molecule has 0 aromatic heterocycles. The van der Waals surface area contributed by atoms with Crippen molar-refractivity contribution < 1.29 is 19.1 Å². The molecule has 6 nitrogen and oxygen atoms in total. The smallest absolute Gasteiger partial charge is 0.355 e. The number of hydrogen-bond acceptors (Lipinski definition) is 4. The first kappa shape index (κ1) is 17.4. The molecule has 6 heteroatoms. The van der Waals surface area contributed by atoms with E-state index in [4.69, 9.17) is 4.74 Å². The highest BCUT2D eigenvalue weighted by Crippen LogP contribution is 2.29. The standard InChI is InChI=1S/C20H18N2O4/c1-2-26-19(24)17-15(18(23)14-11-7-4-8-12-14)16(21-20(25)22-17)13-9-5-3-6-10-13/h3-12,16H,2H2,1H3,(H2,21,22,25)/t16-/m0/s1. The van der Waals surface area contributed by atoms with E-state index in [2.05, 4.69) is 10.6 Å². The molecule has 0 spiro atoms. The monoisotopic (exact) mass is 350 g/mol. The Balaban J connectivity index is 2.16. The van der Waals surface area contributed by atoms with Gasteiger partial charge < -0.3 is 15.4 Å². The van der Waals surface area contributed by atoms with Gasteiger partial charge in [0.1, 0.15) is 5.70 Å². The average Bonchev–Trinajstić information content (AvgIpc) is 2.68. The topological polar surface area (TPSA) is 84.5 Å². The minimum Gasteiger partial charge on any atom is -0.461 e. The van der Waals surface area contributed by atoms with Gasteiger partial charge in [-0.05, 0) is 12.5 Å². The lowest BCUT2D eigenvalue weighted by Crippen LogP contribution is -2.47. The Hall–Kier alpha value is -3.41. The number of rotatable bonds is 5. The van der Waals surface area contributed by atoms with Gasteiger partial charge in [0.15, 0.2) is 5.78 Å². The largest absolute Gasteiger partial charge is 0.461 e. The molecule has 1 heterocycles. The van der Waals surface area contributed by atoms with Crippen LogP contribution in [-0.4, -0.2) is 24.4 Å². The van der Waals surface area contributed by atoms with Crippen LogP contribution in [0.1, 0.15) is 28.9 Å². The molecule has 132 valence electrons. The molecule has 0 saturated heterocycles. The van der Waals surface area contributed by atoms with Crippen LogP contribution < -0.4 is 10.6 Å². The predicted molar refractivity (Wildman–Crippen MR) is 95.3 cm³/mol. The third-order valence-corrected chi connectivity index (χ3v) is 3.97. The number of carbonyl (C=O) groups excluding carboxylic acids is 3. The number of urea groups is 1. The van der Waals surface area contributed by atoms with Crippen molar-refractivity contribution in [3.63, 3.8) is 0 Å². The number of benzene rings is 2. The Morgan fingerprint density at radius 2 is 1.62 bits per heavy atom. The summed E-state index contributed by atoms with van der Waals surface area (Å²) in [6, 6.07) is 16.3. The van der Waals surface area contributed by atoms with Crippen LogP contribution in [0.15, 0.2) is 71.9 Å². The summed E-state index contributed by atoms with van der Waals surface area (Å²) in [6.07, 6.45) is 0. The highest BCUT2D eigenvalue weighted by molar-refractivity contribution is 6.15. The molecule has 3 rings (SSSR count).